The summed E-state index contributed by atoms with van der Waals surface area (Å²) in [6.07, 6.45) is 2.29. The molecule has 1 aromatic carbocycles. The van der Waals surface area contributed by atoms with E-state index < -0.39 is 0 Å². The summed E-state index contributed by atoms with van der Waals surface area (Å²) in [6, 6.07) is 7.05. The van der Waals surface area contributed by atoms with Gasteiger partial charge in [-0.1, -0.05) is 22.6 Å². The highest BCUT2D eigenvalue weighted by atomic mass is 127. The Labute approximate surface area is 108 Å². The third-order valence-corrected chi connectivity index (χ3v) is 4.06. The Bertz CT molecular complexity index is 370. The summed E-state index contributed by atoms with van der Waals surface area (Å²) < 4.78 is 10.3. The van der Waals surface area contributed by atoms with Gasteiger partial charge >= 0.3 is 5.97 Å². The first-order valence-corrected chi connectivity index (χ1v) is 6.45. The van der Waals surface area contributed by atoms with Crippen LogP contribution < -0.4 is 9.47 Å². The van der Waals surface area contributed by atoms with E-state index >= 15 is 0 Å². The van der Waals surface area contributed by atoms with Crippen molar-refractivity contribution in [1.82, 2.24) is 0 Å². The molecule has 0 N–H and O–H groups in total. The van der Waals surface area contributed by atoms with Crippen molar-refractivity contribution < 1.29 is 14.3 Å². The lowest BCUT2D eigenvalue weighted by Crippen LogP contribution is -2.21. The van der Waals surface area contributed by atoms with Gasteiger partial charge in [-0.25, -0.2) is 0 Å². The molecular weight excluding hydrogens is 319 g/mol. The molecule has 3 nitrogen and oxygen atoms in total. The lowest BCUT2D eigenvalue weighted by atomic mass is 10.3. The Hall–Kier alpha value is -0.780. The number of hydrogen-bond acceptors (Lipinski definition) is 3. The summed E-state index contributed by atoms with van der Waals surface area (Å²) >= 11 is 2.16. The molecule has 0 aromatic heterocycles. The molecule has 2 rings (SSSR count). The maximum Gasteiger partial charge on any atom is 0.324 e. The molecule has 1 unspecified atom stereocenters. The van der Waals surface area contributed by atoms with Crippen LogP contribution in [-0.4, -0.2) is 17.0 Å². The summed E-state index contributed by atoms with van der Waals surface area (Å²) in [5, 5.41) is 0. The number of methoxy groups -OCH3 is 1. The third kappa shape index (κ3) is 2.87. The molecule has 1 aliphatic rings. The van der Waals surface area contributed by atoms with Crippen LogP contribution in [-0.2, 0) is 4.79 Å². The highest BCUT2D eigenvalue weighted by molar-refractivity contribution is 14.1. The van der Waals surface area contributed by atoms with E-state index in [2.05, 4.69) is 22.6 Å². The molecule has 1 aromatic rings. The van der Waals surface area contributed by atoms with Crippen LogP contribution in [0.4, 0.5) is 0 Å². The van der Waals surface area contributed by atoms with Crippen molar-refractivity contribution in [3.8, 4) is 11.5 Å². The number of rotatable bonds is 4. The quantitative estimate of drug-likeness (QED) is 0.368. The van der Waals surface area contributed by atoms with E-state index in [0.29, 0.717) is 11.7 Å². The van der Waals surface area contributed by atoms with Gasteiger partial charge < -0.3 is 9.47 Å². The maximum atomic E-state index is 11.7. The van der Waals surface area contributed by atoms with Gasteiger partial charge in [-0.05, 0) is 43.0 Å². The first-order chi connectivity index (χ1) is 7.70. The van der Waals surface area contributed by atoms with Crippen LogP contribution in [0.15, 0.2) is 24.3 Å². The summed E-state index contributed by atoms with van der Waals surface area (Å²) in [5.74, 6) is 1.71. The zero-order chi connectivity index (χ0) is 11.5. The van der Waals surface area contributed by atoms with Crippen LogP contribution in [0.25, 0.3) is 0 Å². The molecule has 0 heterocycles. The van der Waals surface area contributed by atoms with Gasteiger partial charge in [0.05, 0.1) is 7.11 Å². The molecule has 86 valence electrons. The Balaban J connectivity index is 1.94. The van der Waals surface area contributed by atoms with Gasteiger partial charge in [0.25, 0.3) is 0 Å². The van der Waals surface area contributed by atoms with Crippen LogP contribution >= 0.6 is 22.6 Å². The molecule has 0 amide bonds. The highest BCUT2D eigenvalue weighted by Crippen LogP contribution is 2.37. The molecular formula is C12H13IO3. The minimum Gasteiger partial charge on any atom is -0.497 e. The fourth-order valence-corrected chi connectivity index (χ4v) is 2.24. The fraction of sp³-hybridized carbons (Fsp3) is 0.417. The number of carbonyl (C=O) groups excluding carboxylic acids is 1. The number of hydrogen-bond donors (Lipinski definition) is 0. The van der Waals surface area contributed by atoms with E-state index in [1.165, 1.54) is 0 Å². The molecule has 1 saturated carbocycles. The number of benzene rings is 1. The maximum absolute atomic E-state index is 11.7. The van der Waals surface area contributed by atoms with Gasteiger partial charge in [-0.3, -0.25) is 4.79 Å². The van der Waals surface area contributed by atoms with Crippen LogP contribution in [0.5, 0.6) is 11.5 Å². The molecule has 0 radical (unpaired) electrons. The van der Waals surface area contributed by atoms with E-state index in [1.807, 2.05) is 0 Å². The monoisotopic (exact) mass is 332 g/mol. The number of alkyl halides is 1. The second-order valence-corrected chi connectivity index (χ2v) is 5.18. The summed E-state index contributed by atoms with van der Waals surface area (Å²) in [7, 11) is 1.61. The molecule has 4 heteroatoms. The smallest absolute Gasteiger partial charge is 0.324 e. The van der Waals surface area contributed by atoms with Crippen LogP contribution in [0.1, 0.15) is 12.8 Å². The van der Waals surface area contributed by atoms with Gasteiger partial charge in [-0.2, -0.15) is 0 Å². The Morgan fingerprint density at radius 3 is 2.38 bits per heavy atom. The zero-order valence-electron chi connectivity index (χ0n) is 8.98. The van der Waals surface area contributed by atoms with Gasteiger partial charge in [0, 0.05) is 0 Å². The second-order valence-electron chi connectivity index (χ2n) is 3.84. The van der Waals surface area contributed by atoms with E-state index in [9.17, 15) is 4.79 Å². The molecule has 0 aliphatic heterocycles. The van der Waals surface area contributed by atoms with Crippen molar-refractivity contribution in [1.29, 1.82) is 0 Å². The Morgan fingerprint density at radius 2 is 1.88 bits per heavy atom. The molecule has 1 fully saturated rings. The Morgan fingerprint density at radius 1 is 1.31 bits per heavy atom. The number of ether oxygens (including phenoxy) is 2. The minimum atomic E-state index is -0.145. The van der Waals surface area contributed by atoms with Crippen molar-refractivity contribution in [2.24, 2.45) is 5.92 Å². The van der Waals surface area contributed by atoms with Crippen molar-refractivity contribution in [3.63, 3.8) is 0 Å². The molecule has 0 saturated heterocycles. The summed E-state index contributed by atoms with van der Waals surface area (Å²) in [6.45, 7) is 0. The van der Waals surface area contributed by atoms with Gasteiger partial charge in [0.2, 0.25) is 0 Å². The fourth-order valence-electron chi connectivity index (χ4n) is 1.40. The standard InChI is InChI=1S/C12H13IO3/c1-15-9-4-6-10(7-5-9)16-12(14)11(13)8-2-3-8/h4-8,11H,2-3H2,1H3. The molecule has 0 spiro atoms. The second kappa shape index (κ2) is 5.03. The Kier molecular flexibility index (Phi) is 3.68. The highest BCUT2D eigenvalue weighted by Gasteiger charge is 2.35. The summed E-state index contributed by atoms with van der Waals surface area (Å²) in [5.41, 5.74) is 0. The van der Waals surface area contributed by atoms with Crippen LogP contribution in [0.3, 0.4) is 0 Å². The van der Waals surface area contributed by atoms with Crippen LogP contribution in [0, 0.1) is 5.92 Å². The van der Waals surface area contributed by atoms with Crippen molar-refractivity contribution in [2.45, 2.75) is 16.8 Å². The van der Waals surface area contributed by atoms with Crippen molar-refractivity contribution in [3.05, 3.63) is 24.3 Å². The number of esters is 1. The predicted octanol–water partition coefficient (Wildman–Crippen LogP) is 2.81. The first-order valence-electron chi connectivity index (χ1n) is 5.20. The molecule has 1 atom stereocenters. The van der Waals surface area contributed by atoms with Gasteiger partial charge in [0.1, 0.15) is 15.4 Å². The van der Waals surface area contributed by atoms with Gasteiger partial charge in [0.15, 0.2) is 0 Å². The zero-order valence-corrected chi connectivity index (χ0v) is 11.1. The van der Waals surface area contributed by atoms with E-state index in [4.69, 9.17) is 9.47 Å². The SMILES string of the molecule is COc1ccc(OC(=O)C(I)C2CC2)cc1. The summed E-state index contributed by atoms with van der Waals surface area (Å²) in [4.78, 5) is 11.7. The van der Waals surface area contributed by atoms with E-state index in [0.717, 1.165) is 18.6 Å². The van der Waals surface area contributed by atoms with Crippen molar-refractivity contribution in [2.75, 3.05) is 7.11 Å². The first kappa shape index (κ1) is 11.7. The van der Waals surface area contributed by atoms with E-state index in [1.54, 1.807) is 31.4 Å². The molecule has 0 bridgehead atoms. The lowest BCUT2D eigenvalue weighted by molar-refractivity contribution is -0.133. The largest absolute Gasteiger partial charge is 0.497 e. The molecule has 16 heavy (non-hydrogen) atoms. The number of carbonyl (C=O) groups is 1. The van der Waals surface area contributed by atoms with Crippen LogP contribution in [0.2, 0.25) is 0 Å². The third-order valence-electron chi connectivity index (χ3n) is 2.54. The van der Waals surface area contributed by atoms with E-state index in [-0.39, 0.29) is 9.89 Å². The predicted molar refractivity (Wildman–Crippen MR) is 69.2 cm³/mol. The lowest BCUT2D eigenvalue weighted by Gasteiger charge is -2.08. The van der Waals surface area contributed by atoms with Crippen molar-refractivity contribution >= 4 is 28.6 Å². The van der Waals surface area contributed by atoms with Gasteiger partial charge in [-0.15, -0.1) is 0 Å². The topological polar surface area (TPSA) is 35.5 Å². The molecule has 1 aliphatic carbocycles. The normalized spacial score (nSPS) is 16.6. The number of halogens is 1. The average Bonchev–Trinajstić information content (AvgIpc) is 3.13. The average molecular weight is 332 g/mol. The minimum absolute atomic E-state index is 0.0142.